The summed E-state index contributed by atoms with van der Waals surface area (Å²) in [5, 5.41) is 11.4. The van der Waals surface area contributed by atoms with Crippen LogP contribution in [0.5, 0.6) is 0 Å². The van der Waals surface area contributed by atoms with Crippen molar-refractivity contribution in [2.45, 2.75) is 51.9 Å². The van der Waals surface area contributed by atoms with Crippen LogP contribution in [-0.4, -0.2) is 23.6 Å². The minimum Gasteiger partial charge on any atom is -0.288 e. The van der Waals surface area contributed by atoms with Crippen LogP contribution in [0.15, 0.2) is 39.3 Å². The maximum atomic E-state index is 13.6. The first-order chi connectivity index (χ1) is 19.3. The molecule has 4 amide bonds. The molecular formula is C32H24Br2N2O4. The molecule has 2 heterocycles. The Morgan fingerprint density at radius 3 is 1.95 bits per heavy atom. The summed E-state index contributed by atoms with van der Waals surface area (Å²) in [4.78, 5) is 52.6. The highest BCUT2D eigenvalue weighted by Crippen LogP contribution is 2.52. The van der Waals surface area contributed by atoms with E-state index in [-0.39, 0.29) is 11.8 Å². The molecule has 1 unspecified atom stereocenters. The fraction of sp³-hybridized carbons (Fsp3) is 0.250. The molecule has 7 rings (SSSR count). The molecule has 200 valence electrons. The maximum Gasteiger partial charge on any atom is 0.259 e. The Bertz CT molecular complexity index is 2010. The van der Waals surface area contributed by atoms with Crippen molar-refractivity contribution in [1.82, 2.24) is 10.6 Å². The first-order valence-electron chi connectivity index (χ1n) is 13.6. The predicted octanol–water partition coefficient (Wildman–Crippen LogP) is 8.10. The Hall–Kier alpha value is -3.36. The monoisotopic (exact) mass is 658 g/mol. The molecule has 40 heavy (non-hydrogen) atoms. The second kappa shape index (κ2) is 9.08. The SMILES string of the molecule is CCCCCC(CC)c1c2c3c(ccc4c5c(Br)cc6c7c(ccc(c(c1Br)c34)c75)C(=O)NC6=O)C(=O)NC2=O. The zero-order chi connectivity index (χ0) is 28.0. The second-order valence-electron chi connectivity index (χ2n) is 10.7. The number of halogens is 2. The Kier molecular flexibility index (Phi) is 5.81. The highest BCUT2D eigenvalue weighted by molar-refractivity contribution is 9.11. The van der Waals surface area contributed by atoms with Crippen molar-refractivity contribution in [1.29, 1.82) is 0 Å². The predicted molar refractivity (Wildman–Crippen MR) is 164 cm³/mol. The van der Waals surface area contributed by atoms with E-state index in [1.165, 1.54) is 0 Å². The molecule has 2 aliphatic heterocycles. The Morgan fingerprint density at radius 2 is 1.27 bits per heavy atom. The molecule has 0 radical (unpaired) electrons. The topological polar surface area (TPSA) is 92.3 Å². The molecule has 5 aromatic carbocycles. The standard InChI is InChI=1S/C32H24Br2N2O4/c1-3-5-6-7-13(4-2)20-27-25-17(30(38)36-32(27)40)11-8-14-22-19(33)12-18-21-16(29(37)35-31(18)39)10-9-15(23(21)22)26(24(14)25)28(20)34/h8-13H,3-7H2,1-2H3,(H,35,37,39)(H,36,38,40). The fourth-order valence-electron chi connectivity index (χ4n) is 6.92. The Morgan fingerprint density at radius 1 is 0.675 bits per heavy atom. The number of rotatable bonds is 6. The van der Waals surface area contributed by atoms with Crippen molar-refractivity contribution in [3.05, 3.63) is 67.1 Å². The van der Waals surface area contributed by atoms with Crippen molar-refractivity contribution in [3.8, 4) is 0 Å². The van der Waals surface area contributed by atoms with Gasteiger partial charge in [-0.1, -0.05) is 61.2 Å². The average molecular weight is 660 g/mol. The van der Waals surface area contributed by atoms with Crippen LogP contribution in [0.2, 0.25) is 0 Å². The van der Waals surface area contributed by atoms with Gasteiger partial charge < -0.3 is 0 Å². The normalized spacial score (nSPS) is 15.5. The van der Waals surface area contributed by atoms with E-state index in [4.69, 9.17) is 0 Å². The molecule has 2 N–H and O–H groups in total. The number of unbranched alkanes of at least 4 members (excludes halogenated alkanes) is 2. The molecule has 1 atom stereocenters. The summed E-state index contributed by atoms with van der Waals surface area (Å²) in [6, 6.07) is 9.15. The van der Waals surface area contributed by atoms with E-state index >= 15 is 0 Å². The molecule has 6 nitrogen and oxygen atoms in total. The molecule has 2 aliphatic rings. The van der Waals surface area contributed by atoms with E-state index in [9.17, 15) is 19.2 Å². The lowest BCUT2D eigenvalue weighted by Crippen LogP contribution is -2.36. The molecular weight excluding hydrogens is 636 g/mol. The van der Waals surface area contributed by atoms with Crippen LogP contribution in [0.4, 0.5) is 0 Å². The number of fused-ring (bicyclic) bond motifs is 2. The molecule has 5 aromatic rings. The number of imide groups is 2. The van der Waals surface area contributed by atoms with Crippen LogP contribution in [0, 0.1) is 0 Å². The molecule has 8 heteroatoms. The number of hydrogen-bond acceptors (Lipinski definition) is 4. The van der Waals surface area contributed by atoms with Gasteiger partial charge in [-0.25, -0.2) is 0 Å². The number of nitrogens with one attached hydrogen (secondary N) is 2. The number of carbonyl (C=O) groups excluding carboxylic acids is 4. The number of amides is 4. The van der Waals surface area contributed by atoms with Crippen molar-refractivity contribution < 1.29 is 19.2 Å². The summed E-state index contributed by atoms with van der Waals surface area (Å²) in [5.74, 6) is -1.52. The fourth-order valence-corrected chi connectivity index (χ4v) is 8.49. The molecule has 0 saturated carbocycles. The third-order valence-corrected chi connectivity index (χ3v) is 10.1. The summed E-state index contributed by atoms with van der Waals surface area (Å²) in [7, 11) is 0. The van der Waals surface area contributed by atoms with Gasteiger partial charge in [-0.2, -0.15) is 0 Å². The third kappa shape index (κ3) is 3.26. The average Bonchev–Trinajstić information content (AvgIpc) is 2.93. The first-order valence-corrected chi connectivity index (χ1v) is 15.2. The van der Waals surface area contributed by atoms with Crippen molar-refractivity contribution >= 4 is 98.6 Å². The van der Waals surface area contributed by atoms with Crippen LogP contribution in [0.3, 0.4) is 0 Å². The number of hydrogen-bond donors (Lipinski definition) is 2. The van der Waals surface area contributed by atoms with Crippen molar-refractivity contribution in [3.63, 3.8) is 0 Å². The van der Waals surface area contributed by atoms with Gasteiger partial charge in [0, 0.05) is 58.0 Å². The van der Waals surface area contributed by atoms with Gasteiger partial charge in [0.05, 0.1) is 5.56 Å². The number of benzene rings is 5. The highest BCUT2D eigenvalue weighted by Gasteiger charge is 2.36. The van der Waals surface area contributed by atoms with Crippen LogP contribution in [0.25, 0.3) is 43.1 Å². The summed E-state index contributed by atoms with van der Waals surface area (Å²) < 4.78 is 1.54. The summed E-state index contributed by atoms with van der Waals surface area (Å²) >= 11 is 7.69. The smallest absolute Gasteiger partial charge is 0.259 e. The quantitative estimate of drug-likeness (QED) is 0.0834. The van der Waals surface area contributed by atoms with E-state index in [0.29, 0.717) is 37.5 Å². The van der Waals surface area contributed by atoms with E-state index in [1.54, 1.807) is 18.2 Å². The Balaban J connectivity index is 1.75. The molecule has 0 aliphatic carbocycles. The van der Waals surface area contributed by atoms with Gasteiger partial charge in [0.25, 0.3) is 23.6 Å². The molecule has 0 saturated heterocycles. The second-order valence-corrected chi connectivity index (χ2v) is 12.4. The lowest BCUT2D eigenvalue weighted by molar-refractivity contribution is 0.0828. The summed E-state index contributed by atoms with van der Waals surface area (Å²) in [6.07, 6.45) is 5.00. The highest BCUT2D eigenvalue weighted by atomic mass is 79.9. The lowest BCUT2D eigenvalue weighted by Gasteiger charge is -2.29. The molecule has 0 spiro atoms. The van der Waals surface area contributed by atoms with Gasteiger partial charge in [0.15, 0.2) is 0 Å². The van der Waals surface area contributed by atoms with Crippen molar-refractivity contribution in [2.75, 3.05) is 0 Å². The Labute approximate surface area is 246 Å². The van der Waals surface area contributed by atoms with E-state index in [2.05, 4.69) is 56.3 Å². The lowest BCUT2D eigenvalue weighted by atomic mass is 9.78. The zero-order valence-electron chi connectivity index (χ0n) is 21.9. The van der Waals surface area contributed by atoms with Crippen LogP contribution in [0.1, 0.15) is 98.9 Å². The minimum atomic E-state index is -0.429. The molecule has 0 bridgehead atoms. The van der Waals surface area contributed by atoms with Crippen molar-refractivity contribution in [2.24, 2.45) is 0 Å². The van der Waals surface area contributed by atoms with Gasteiger partial charge in [0.1, 0.15) is 0 Å². The van der Waals surface area contributed by atoms with Crippen LogP contribution >= 0.6 is 31.9 Å². The zero-order valence-corrected chi connectivity index (χ0v) is 25.1. The summed E-state index contributed by atoms with van der Waals surface area (Å²) in [5.41, 5.74) is 2.85. The van der Waals surface area contributed by atoms with E-state index in [1.807, 2.05) is 12.1 Å². The number of carbonyl (C=O) groups is 4. The first kappa shape index (κ1) is 25.6. The molecule has 0 fully saturated rings. The van der Waals surface area contributed by atoms with E-state index in [0.717, 1.165) is 74.5 Å². The van der Waals surface area contributed by atoms with Crippen LogP contribution < -0.4 is 10.6 Å². The van der Waals surface area contributed by atoms with Gasteiger partial charge in [-0.05, 0) is 69.2 Å². The van der Waals surface area contributed by atoms with Gasteiger partial charge in [0.2, 0.25) is 0 Å². The van der Waals surface area contributed by atoms with Gasteiger partial charge in [-0.3, -0.25) is 29.8 Å². The summed E-state index contributed by atoms with van der Waals surface area (Å²) in [6.45, 7) is 4.31. The van der Waals surface area contributed by atoms with Gasteiger partial charge >= 0.3 is 0 Å². The minimum absolute atomic E-state index is 0.104. The largest absolute Gasteiger partial charge is 0.288 e. The van der Waals surface area contributed by atoms with Crippen LogP contribution in [-0.2, 0) is 0 Å². The van der Waals surface area contributed by atoms with Gasteiger partial charge in [-0.15, -0.1) is 0 Å². The van der Waals surface area contributed by atoms with E-state index < -0.39 is 17.7 Å². The molecule has 0 aromatic heterocycles. The third-order valence-electron chi connectivity index (χ3n) is 8.68. The maximum absolute atomic E-state index is 13.6.